The molecule has 0 unspecified atom stereocenters. The van der Waals surface area contributed by atoms with Gasteiger partial charge in [-0.05, 0) is 12.5 Å². The van der Waals surface area contributed by atoms with Gasteiger partial charge < -0.3 is 9.84 Å². The van der Waals surface area contributed by atoms with E-state index in [0.717, 1.165) is 31.8 Å². The molecule has 0 amide bonds. The molecule has 0 aliphatic carbocycles. The standard InChI is InChI=1S/C13H19NO2/c1-3-13(15)9-14(10-13)8-11-6-4-5-7-12(11)16-2/h4-7,15H,3,8-10H2,1-2H3. The average molecular weight is 221 g/mol. The fraction of sp³-hybridized carbons (Fsp3) is 0.538. The van der Waals surface area contributed by atoms with Gasteiger partial charge in [0.15, 0.2) is 0 Å². The predicted octanol–water partition coefficient (Wildman–Crippen LogP) is 1.65. The van der Waals surface area contributed by atoms with Crippen LogP contribution in [0.5, 0.6) is 5.75 Å². The third-order valence-electron chi connectivity index (χ3n) is 3.28. The Kier molecular flexibility index (Phi) is 3.17. The highest BCUT2D eigenvalue weighted by Gasteiger charge is 2.39. The van der Waals surface area contributed by atoms with Gasteiger partial charge in [-0.2, -0.15) is 0 Å². The van der Waals surface area contributed by atoms with E-state index in [1.807, 2.05) is 25.1 Å². The van der Waals surface area contributed by atoms with Crippen LogP contribution < -0.4 is 4.74 Å². The van der Waals surface area contributed by atoms with Gasteiger partial charge in [-0.1, -0.05) is 25.1 Å². The first-order valence-corrected chi connectivity index (χ1v) is 5.73. The Balaban J connectivity index is 1.96. The van der Waals surface area contributed by atoms with Gasteiger partial charge in [0.25, 0.3) is 0 Å². The molecular weight excluding hydrogens is 202 g/mol. The van der Waals surface area contributed by atoms with Crippen LogP contribution in [0.3, 0.4) is 0 Å². The van der Waals surface area contributed by atoms with E-state index in [9.17, 15) is 5.11 Å². The minimum atomic E-state index is -0.456. The molecule has 2 rings (SSSR count). The van der Waals surface area contributed by atoms with Crippen molar-refractivity contribution in [3.63, 3.8) is 0 Å². The lowest BCUT2D eigenvalue weighted by molar-refractivity contribution is -0.103. The largest absolute Gasteiger partial charge is 0.496 e. The molecule has 1 heterocycles. The van der Waals surface area contributed by atoms with E-state index >= 15 is 0 Å². The number of aliphatic hydroxyl groups is 1. The third-order valence-corrected chi connectivity index (χ3v) is 3.28. The maximum Gasteiger partial charge on any atom is 0.123 e. The van der Waals surface area contributed by atoms with E-state index in [-0.39, 0.29) is 0 Å². The molecule has 1 saturated heterocycles. The van der Waals surface area contributed by atoms with Gasteiger partial charge in [0, 0.05) is 25.2 Å². The molecule has 88 valence electrons. The molecule has 0 atom stereocenters. The summed E-state index contributed by atoms with van der Waals surface area (Å²) in [7, 11) is 1.69. The normalized spacial score (nSPS) is 19.2. The molecule has 16 heavy (non-hydrogen) atoms. The number of nitrogens with zero attached hydrogens (tertiary/aromatic N) is 1. The van der Waals surface area contributed by atoms with Gasteiger partial charge in [-0.15, -0.1) is 0 Å². The highest BCUT2D eigenvalue weighted by atomic mass is 16.5. The van der Waals surface area contributed by atoms with Gasteiger partial charge in [0.2, 0.25) is 0 Å². The van der Waals surface area contributed by atoms with E-state index in [1.165, 1.54) is 5.56 Å². The van der Waals surface area contributed by atoms with Crippen LogP contribution in [-0.4, -0.2) is 35.8 Å². The topological polar surface area (TPSA) is 32.7 Å². The van der Waals surface area contributed by atoms with E-state index < -0.39 is 5.60 Å². The van der Waals surface area contributed by atoms with E-state index in [0.29, 0.717) is 0 Å². The number of methoxy groups -OCH3 is 1. The van der Waals surface area contributed by atoms with Crippen molar-refractivity contribution in [3.8, 4) is 5.75 Å². The number of β-amino-alcohol motifs (C(OH)–C–C–N with tert-alkyl or cyclic N) is 1. The molecule has 1 fully saturated rings. The van der Waals surface area contributed by atoms with Crippen LogP contribution in [0, 0.1) is 0 Å². The molecule has 0 spiro atoms. The van der Waals surface area contributed by atoms with Crippen molar-refractivity contribution in [1.29, 1.82) is 0 Å². The van der Waals surface area contributed by atoms with Crippen LogP contribution in [0.15, 0.2) is 24.3 Å². The van der Waals surface area contributed by atoms with E-state index in [1.54, 1.807) is 7.11 Å². The second-order valence-electron chi connectivity index (χ2n) is 4.53. The van der Waals surface area contributed by atoms with Gasteiger partial charge >= 0.3 is 0 Å². The molecule has 1 aliphatic heterocycles. The summed E-state index contributed by atoms with van der Waals surface area (Å²) in [5, 5.41) is 9.92. The smallest absolute Gasteiger partial charge is 0.123 e. The first-order valence-electron chi connectivity index (χ1n) is 5.73. The Bertz CT molecular complexity index is 359. The molecule has 1 aromatic carbocycles. The van der Waals surface area contributed by atoms with Crippen molar-refractivity contribution in [1.82, 2.24) is 4.90 Å². The highest BCUT2D eigenvalue weighted by molar-refractivity contribution is 5.33. The van der Waals surface area contributed by atoms with Gasteiger partial charge in [-0.25, -0.2) is 0 Å². The van der Waals surface area contributed by atoms with Crippen molar-refractivity contribution in [2.75, 3.05) is 20.2 Å². The molecule has 1 N–H and O–H groups in total. The van der Waals surface area contributed by atoms with Gasteiger partial charge in [0.05, 0.1) is 12.7 Å². The van der Waals surface area contributed by atoms with Crippen molar-refractivity contribution < 1.29 is 9.84 Å². The number of ether oxygens (including phenoxy) is 1. The van der Waals surface area contributed by atoms with Crippen LogP contribution >= 0.6 is 0 Å². The van der Waals surface area contributed by atoms with Gasteiger partial charge in [-0.3, -0.25) is 4.90 Å². The van der Waals surface area contributed by atoms with Gasteiger partial charge in [0.1, 0.15) is 5.75 Å². The lowest BCUT2D eigenvalue weighted by atomic mass is 9.91. The Morgan fingerprint density at radius 2 is 2.06 bits per heavy atom. The van der Waals surface area contributed by atoms with Crippen molar-refractivity contribution in [2.45, 2.75) is 25.5 Å². The maximum atomic E-state index is 9.92. The summed E-state index contributed by atoms with van der Waals surface area (Å²) in [6, 6.07) is 8.04. The first kappa shape index (κ1) is 11.4. The second kappa shape index (κ2) is 4.44. The fourth-order valence-electron chi connectivity index (χ4n) is 2.20. The zero-order valence-electron chi connectivity index (χ0n) is 9.94. The lowest BCUT2D eigenvalue weighted by Crippen LogP contribution is -2.60. The van der Waals surface area contributed by atoms with Crippen LogP contribution in [0.4, 0.5) is 0 Å². The summed E-state index contributed by atoms with van der Waals surface area (Å²) in [4.78, 5) is 2.24. The number of hydrogen-bond donors (Lipinski definition) is 1. The number of rotatable bonds is 4. The summed E-state index contributed by atoms with van der Waals surface area (Å²) in [5.74, 6) is 0.925. The van der Waals surface area contributed by atoms with Crippen molar-refractivity contribution in [3.05, 3.63) is 29.8 Å². The summed E-state index contributed by atoms with van der Waals surface area (Å²) < 4.78 is 5.30. The van der Waals surface area contributed by atoms with Crippen LogP contribution in [0.1, 0.15) is 18.9 Å². The van der Waals surface area contributed by atoms with Crippen LogP contribution in [0.25, 0.3) is 0 Å². The Labute approximate surface area is 96.6 Å². The molecule has 1 aromatic rings. The number of benzene rings is 1. The van der Waals surface area contributed by atoms with Crippen molar-refractivity contribution >= 4 is 0 Å². The molecule has 0 radical (unpaired) electrons. The number of para-hydroxylation sites is 1. The molecule has 3 nitrogen and oxygen atoms in total. The molecule has 0 aromatic heterocycles. The Morgan fingerprint density at radius 1 is 1.38 bits per heavy atom. The Hall–Kier alpha value is -1.06. The quantitative estimate of drug-likeness (QED) is 0.839. The zero-order chi connectivity index (χ0) is 11.6. The fourth-order valence-corrected chi connectivity index (χ4v) is 2.20. The van der Waals surface area contributed by atoms with E-state index in [4.69, 9.17) is 4.74 Å². The molecule has 1 aliphatic rings. The average Bonchev–Trinajstić information content (AvgIpc) is 2.27. The molecule has 0 bridgehead atoms. The zero-order valence-corrected chi connectivity index (χ0v) is 9.94. The summed E-state index contributed by atoms with van der Waals surface area (Å²) in [6.45, 7) is 4.41. The minimum absolute atomic E-state index is 0.456. The Morgan fingerprint density at radius 3 is 2.69 bits per heavy atom. The summed E-state index contributed by atoms with van der Waals surface area (Å²) in [6.07, 6.45) is 0.829. The minimum Gasteiger partial charge on any atom is -0.496 e. The second-order valence-corrected chi connectivity index (χ2v) is 4.53. The van der Waals surface area contributed by atoms with E-state index in [2.05, 4.69) is 11.0 Å². The van der Waals surface area contributed by atoms with Crippen LogP contribution in [-0.2, 0) is 6.54 Å². The summed E-state index contributed by atoms with van der Waals surface area (Å²) in [5.41, 5.74) is 0.727. The van der Waals surface area contributed by atoms with Crippen LogP contribution in [0.2, 0.25) is 0 Å². The summed E-state index contributed by atoms with van der Waals surface area (Å²) >= 11 is 0. The predicted molar refractivity (Wildman–Crippen MR) is 63.5 cm³/mol. The molecule has 3 heteroatoms. The van der Waals surface area contributed by atoms with Crippen molar-refractivity contribution in [2.24, 2.45) is 0 Å². The lowest BCUT2D eigenvalue weighted by Gasteiger charge is -2.46. The number of likely N-dealkylation sites (tertiary alicyclic amines) is 1. The first-order chi connectivity index (χ1) is 7.67. The number of hydrogen-bond acceptors (Lipinski definition) is 3. The monoisotopic (exact) mass is 221 g/mol. The SMILES string of the molecule is CCC1(O)CN(Cc2ccccc2OC)C1. The maximum absolute atomic E-state index is 9.92. The molecule has 0 saturated carbocycles. The molecular formula is C13H19NO2. The highest BCUT2D eigenvalue weighted by Crippen LogP contribution is 2.28. The third kappa shape index (κ3) is 2.20.